The number of likely N-dealkylation sites (tertiary alicyclic amines) is 1. The molecule has 0 bridgehead atoms. The minimum absolute atomic E-state index is 0.0733. The summed E-state index contributed by atoms with van der Waals surface area (Å²) < 4.78 is 17.0. The van der Waals surface area contributed by atoms with E-state index in [0.717, 1.165) is 61.5 Å². The van der Waals surface area contributed by atoms with Gasteiger partial charge in [-0.2, -0.15) is 0 Å². The lowest BCUT2D eigenvalue weighted by Crippen LogP contribution is -2.36. The van der Waals surface area contributed by atoms with E-state index in [1.54, 1.807) is 13.3 Å². The molecule has 4 heterocycles. The Morgan fingerprint density at radius 2 is 1.88 bits per heavy atom. The fourth-order valence-corrected chi connectivity index (χ4v) is 7.81. The van der Waals surface area contributed by atoms with Crippen molar-refractivity contribution >= 4 is 41.5 Å². The number of nitrogens with one attached hydrogen (secondary N) is 2. The normalized spacial score (nSPS) is 21.5. The van der Waals surface area contributed by atoms with Crippen LogP contribution < -0.4 is 15.4 Å². The molecular weight excluding hydrogens is 689 g/mol. The summed E-state index contributed by atoms with van der Waals surface area (Å²) in [7, 11) is 3.16. The van der Waals surface area contributed by atoms with Crippen LogP contribution in [0.5, 0.6) is 5.88 Å². The van der Waals surface area contributed by atoms with Crippen LogP contribution in [0.2, 0.25) is 10.0 Å². The van der Waals surface area contributed by atoms with E-state index in [1.165, 1.54) is 13.5 Å². The molecule has 2 aromatic carbocycles. The molecule has 0 aliphatic carbocycles. The van der Waals surface area contributed by atoms with Gasteiger partial charge in [0.2, 0.25) is 17.7 Å². The molecule has 3 aromatic rings. The van der Waals surface area contributed by atoms with Crippen molar-refractivity contribution in [2.75, 3.05) is 53.6 Å². The highest BCUT2D eigenvalue weighted by atomic mass is 35.5. The maximum absolute atomic E-state index is 11.5. The van der Waals surface area contributed by atoms with E-state index in [-0.39, 0.29) is 11.9 Å². The van der Waals surface area contributed by atoms with E-state index in [9.17, 15) is 4.79 Å². The van der Waals surface area contributed by atoms with Crippen LogP contribution in [0.25, 0.3) is 22.4 Å². The van der Waals surface area contributed by atoms with Crippen molar-refractivity contribution in [3.8, 4) is 28.3 Å². The van der Waals surface area contributed by atoms with E-state index in [4.69, 9.17) is 52.4 Å². The second-order valence-corrected chi connectivity index (χ2v) is 14.0. The standard InChI is InChI=1S/C38H45Cl2N7O4/c1-23(44-37(49-3)32(41-2)18-42-17-26-11-12-34(48)45-26)27-7-5-8-28(35(27)39)29-9-6-10-30(36(29)40)31-19-43-33(38(46-31)50-4)21-47-15-13-24(20-47)25-14-16-51-22-25/h5-10,19,24-26,42H,2,11-18,20-22H2,1,3-4H3,(H,45,48)/b37-32+,44-23?/t24?,25?,26-/m0/s1. The second kappa shape index (κ2) is 17.1. The quantitative estimate of drug-likeness (QED) is 0.149. The molecule has 270 valence electrons. The van der Waals surface area contributed by atoms with Gasteiger partial charge in [0.15, 0.2) is 0 Å². The predicted octanol–water partition coefficient (Wildman–Crippen LogP) is 6.18. The average molecular weight is 735 g/mol. The molecule has 3 fully saturated rings. The Balaban J connectivity index is 1.20. The van der Waals surface area contributed by atoms with Gasteiger partial charge in [-0.3, -0.25) is 19.7 Å². The number of carbonyl (C=O) groups is 1. The zero-order valence-corrected chi connectivity index (χ0v) is 30.9. The van der Waals surface area contributed by atoms with Crippen molar-refractivity contribution in [1.29, 1.82) is 0 Å². The Morgan fingerprint density at radius 1 is 1.10 bits per heavy atom. The summed E-state index contributed by atoms with van der Waals surface area (Å²) in [6.07, 6.45) is 5.44. The summed E-state index contributed by atoms with van der Waals surface area (Å²) in [6, 6.07) is 11.6. The molecule has 11 nitrogen and oxygen atoms in total. The van der Waals surface area contributed by atoms with E-state index in [2.05, 4.69) is 27.2 Å². The lowest BCUT2D eigenvalue weighted by molar-refractivity contribution is -0.119. The summed E-state index contributed by atoms with van der Waals surface area (Å²) >= 11 is 14.2. The van der Waals surface area contributed by atoms with Gasteiger partial charge in [0.05, 0.1) is 41.9 Å². The summed E-state index contributed by atoms with van der Waals surface area (Å²) in [5.74, 6) is 2.19. The summed E-state index contributed by atoms with van der Waals surface area (Å²) in [4.78, 5) is 32.5. The van der Waals surface area contributed by atoms with Gasteiger partial charge in [0.1, 0.15) is 11.4 Å². The number of hydrogen-bond acceptors (Lipinski definition) is 10. The van der Waals surface area contributed by atoms with Gasteiger partial charge < -0.3 is 24.8 Å². The molecule has 13 heteroatoms. The van der Waals surface area contributed by atoms with E-state index < -0.39 is 0 Å². The number of methoxy groups -OCH3 is 2. The Kier molecular flexibility index (Phi) is 12.4. The number of halogens is 2. The van der Waals surface area contributed by atoms with Crippen molar-refractivity contribution < 1.29 is 19.0 Å². The monoisotopic (exact) mass is 733 g/mol. The van der Waals surface area contributed by atoms with Crippen molar-refractivity contribution in [3.63, 3.8) is 0 Å². The number of rotatable bonds is 14. The van der Waals surface area contributed by atoms with Crippen LogP contribution in [0, 0.1) is 11.8 Å². The fourth-order valence-electron chi connectivity index (χ4n) is 7.12. The van der Waals surface area contributed by atoms with Crippen LogP contribution in [-0.2, 0) is 20.8 Å². The minimum Gasteiger partial charge on any atom is -0.480 e. The van der Waals surface area contributed by atoms with Crippen LogP contribution in [0.4, 0.5) is 0 Å². The third-order valence-corrected chi connectivity index (χ3v) is 10.8. The highest BCUT2D eigenvalue weighted by Crippen LogP contribution is 2.40. The smallest absolute Gasteiger partial charge is 0.237 e. The van der Waals surface area contributed by atoms with Gasteiger partial charge in [-0.1, -0.05) is 59.6 Å². The Bertz CT molecular complexity index is 1810. The molecule has 0 spiro atoms. The maximum atomic E-state index is 11.5. The number of aromatic nitrogens is 2. The second-order valence-electron chi connectivity index (χ2n) is 13.2. The summed E-state index contributed by atoms with van der Waals surface area (Å²) in [6.45, 7) is 11.0. The maximum Gasteiger partial charge on any atom is 0.237 e. The first kappa shape index (κ1) is 36.9. The largest absolute Gasteiger partial charge is 0.480 e. The molecule has 51 heavy (non-hydrogen) atoms. The number of nitrogens with zero attached hydrogens (tertiary/aromatic N) is 5. The number of amides is 1. The van der Waals surface area contributed by atoms with Crippen molar-refractivity contribution in [2.45, 2.75) is 45.2 Å². The topological polar surface area (TPSA) is 123 Å². The zero-order valence-electron chi connectivity index (χ0n) is 29.4. The molecule has 0 saturated carbocycles. The lowest BCUT2D eigenvalue weighted by Gasteiger charge is -2.19. The van der Waals surface area contributed by atoms with Gasteiger partial charge in [0.25, 0.3) is 0 Å². The molecule has 1 aromatic heterocycles. The molecule has 0 radical (unpaired) electrons. The molecule has 6 rings (SSSR count). The highest BCUT2D eigenvalue weighted by Gasteiger charge is 2.32. The molecule has 3 saturated heterocycles. The van der Waals surface area contributed by atoms with Crippen LogP contribution in [-0.4, -0.2) is 92.9 Å². The molecule has 2 N–H and O–H groups in total. The van der Waals surface area contributed by atoms with E-state index in [1.807, 2.05) is 43.3 Å². The predicted molar refractivity (Wildman–Crippen MR) is 202 cm³/mol. The first-order valence-corrected chi connectivity index (χ1v) is 18.1. The molecule has 1 amide bonds. The number of benzene rings is 2. The lowest BCUT2D eigenvalue weighted by atomic mass is 9.91. The van der Waals surface area contributed by atoms with Gasteiger partial charge in [0, 0.05) is 74.1 Å². The molecule has 3 atom stereocenters. The molecule has 3 aliphatic rings. The minimum atomic E-state index is 0.0733. The van der Waals surface area contributed by atoms with Gasteiger partial charge in [-0.15, -0.1) is 0 Å². The Morgan fingerprint density at radius 3 is 2.59 bits per heavy atom. The van der Waals surface area contributed by atoms with Crippen molar-refractivity contribution in [1.82, 2.24) is 25.5 Å². The molecule has 2 unspecified atom stereocenters. The highest BCUT2D eigenvalue weighted by molar-refractivity contribution is 6.39. The third kappa shape index (κ3) is 8.61. The number of ether oxygens (including phenoxy) is 3. The summed E-state index contributed by atoms with van der Waals surface area (Å²) in [5, 5.41) is 7.25. The van der Waals surface area contributed by atoms with Gasteiger partial charge in [-0.25, -0.2) is 9.98 Å². The third-order valence-electron chi connectivity index (χ3n) is 9.94. The fraction of sp³-hybridized carbons (Fsp3) is 0.447. The van der Waals surface area contributed by atoms with Crippen molar-refractivity contribution in [2.24, 2.45) is 21.8 Å². The van der Waals surface area contributed by atoms with Crippen LogP contribution >= 0.6 is 23.2 Å². The number of aliphatic imine (C=N–C) groups is 2. The zero-order chi connectivity index (χ0) is 35.9. The van der Waals surface area contributed by atoms with Crippen LogP contribution in [0.3, 0.4) is 0 Å². The van der Waals surface area contributed by atoms with E-state index >= 15 is 0 Å². The Hall–Kier alpha value is -3.87. The first-order chi connectivity index (χ1) is 24.8. The van der Waals surface area contributed by atoms with Gasteiger partial charge in [-0.05, 0) is 51.3 Å². The molecule has 3 aliphatic heterocycles. The average Bonchev–Trinajstić information content (AvgIpc) is 3.93. The van der Waals surface area contributed by atoms with Gasteiger partial charge >= 0.3 is 0 Å². The first-order valence-electron chi connectivity index (χ1n) is 17.4. The summed E-state index contributed by atoms with van der Waals surface area (Å²) in [5.41, 5.74) is 5.50. The van der Waals surface area contributed by atoms with E-state index in [0.29, 0.717) is 82.4 Å². The number of carbonyl (C=O) groups excluding carboxylic acids is 1. The number of hydrogen-bond donors (Lipinski definition) is 2. The van der Waals surface area contributed by atoms with Crippen molar-refractivity contribution in [3.05, 3.63) is 75.5 Å². The van der Waals surface area contributed by atoms with Crippen LogP contribution in [0.15, 0.2) is 64.2 Å². The molecular formula is C38H45Cl2N7O4. The van der Waals surface area contributed by atoms with Crippen LogP contribution in [0.1, 0.15) is 43.9 Å². The SMILES string of the molecule is C=N/C(CNC[C@@H]1CCC(=O)N1)=C(\N=C(C)c1cccc(-c2cccc(-c3cnc(CN4CCC(C5CCOC5)C4)c(OC)n3)c2Cl)c1Cl)OC. The Labute approximate surface area is 309 Å².